The molecule has 14 heavy (non-hydrogen) atoms. The van der Waals surface area contributed by atoms with Crippen LogP contribution >= 0.6 is 11.8 Å². The number of hydrogen-bond donors (Lipinski definition) is 2. The van der Waals surface area contributed by atoms with Gasteiger partial charge in [-0.15, -0.1) is 11.8 Å². The van der Waals surface area contributed by atoms with Crippen LogP contribution in [0.3, 0.4) is 0 Å². The zero-order chi connectivity index (χ0) is 11.0. The maximum Gasteiger partial charge on any atom is 0.318 e. The van der Waals surface area contributed by atoms with Gasteiger partial charge in [0.1, 0.15) is 0 Å². The lowest BCUT2D eigenvalue weighted by atomic mass is 10.7. The number of esters is 1. The zero-order valence-electron chi connectivity index (χ0n) is 7.74. The lowest BCUT2D eigenvalue weighted by Crippen LogP contribution is -2.36. The highest BCUT2D eigenvalue weighted by Crippen LogP contribution is 1.99. The van der Waals surface area contributed by atoms with Gasteiger partial charge < -0.3 is 10.5 Å². The second-order valence-electron chi connectivity index (χ2n) is 2.21. The van der Waals surface area contributed by atoms with Crippen molar-refractivity contribution >= 4 is 29.7 Å². The van der Waals surface area contributed by atoms with Gasteiger partial charge in [-0.25, -0.2) is 4.79 Å². The van der Waals surface area contributed by atoms with E-state index in [1.165, 1.54) is 0 Å². The quantitative estimate of drug-likeness (QED) is 0.607. The Kier molecular flexibility index (Phi) is 6.55. The van der Waals surface area contributed by atoms with Gasteiger partial charge in [0, 0.05) is 0 Å². The summed E-state index contributed by atoms with van der Waals surface area (Å²) in [5.41, 5.74) is 4.70. The van der Waals surface area contributed by atoms with Crippen LogP contribution in [0.4, 0.5) is 4.79 Å². The predicted molar refractivity (Wildman–Crippen MR) is 51.7 cm³/mol. The van der Waals surface area contributed by atoms with E-state index in [1.807, 2.05) is 5.32 Å². The number of urea groups is 1. The summed E-state index contributed by atoms with van der Waals surface area (Å²) >= 11 is 1.06. The Hall–Kier alpha value is -1.24. The third kappa shape index (κ3) is 7.41. The molecule has 0 rings (SSSR count). The first kappa shape index (κ1) is 12.8. The summed E-state index contributed by atoms with van der Waals surface area (Å²) < 4.78 is 4.62. The SMILES string of the molecule is CCOC(=O)CSCC(=O)NC(N)=O. The van der Waals surface area contributed by atoms with Gasteiger partial charge >= 0.3 is 12.0 Å². The number of primary amides is 1. The molecule has 0 aromatic rings. The van der Waals surface area contributed by atoms with Crippen molar-refractivity contribution in [2.45, 2.75) is 6.92 Å². The lowest BCUT2D eigenvalue weighted by molar-refractivity contribution is -0.139. The van der Waals surface area contributed by atoms with E-state index in [0.717, 1.165) is 11.8 Å². The molecule has 0 bridgehead atoms. The van der Waals surface area contributed by atoms with Gasteiger partial charge in [-0.3, -0.25) is 14.9 Å². The van der Waals surface area contributed by atoms with Crippen molar-refractivity contribution in [3.8, 4) is 0 Å². The van der Waals surface area contributed by atoms with E-state index >= 15 is 0 Å². The summed E-state index contributed by atoms with van der Waals surface area (Å²) in [7, 11) is 0. The molecule has 0 radical (unpaired) electrons. The molecule has 3 N–H and O–H groups in total. The molecule has 3 amide bonds. The van der Waals surface area contributed by atoms with Crippen LogP contribution in [-0.2, 0) is 14.3 Å². The fourth-order valence-corrected chi connectivity index (χ4v) is 1.21. The third-order valence-corrected chi connectivity index (χ3v) is 1.93. The number of nitrogens with two attached hydrogens (primary N) is 1. The minimum Gasteiger partial charge on any atom is -0.465 e. The first-order chi connectivity index (χ1) is 6.56. The van der Waals surface area contributed by atoms with Crippen molar-refractivity contribution in [1.29, 1.82) is 0 Å². The van der Waals surface area contributed by atoms with E-state index in [1.54, 1.807) is 6.92 Å². The number of carbonyl (C=O) groups excluding carboxylic acids is 3. The Bertz CT molecular complexity index is 232. The Morgan fingerprint density at radius 3 is 2.50 bits per heavy atom. The van der Waals surface area contributed by atoms with Crippen LogP contribution in [0.5, 0.6) is 0 Å². The molecule has 0 aromatic carbocycles. The van der Waals surface area contributed by atoms with Gasteiger partial charge in [-0.05, 0) is 6.92 Å². The molecular weight excluding hydrogens is 208 g/mol. The number of hydrogen-bond acceptors (Lipinski definition) is 5. The Labute approximate surface area is 85.5 Å². The van der Waals surface area contributed by atoms with Crippen LogP contribution < -0.4 is 11.1 Å². The van der Waals surface area contributed by atoms with E-state index in [9.17, 15) is 14.4 Å². The normalized spacial score (nSPS) is 9.21. The number of amides is 3. The molecule has 6 nitrogen and oxygen atoms in total. The molecule has 0 saturated carbocycles. The molecule has 0 atom stereocenters. The van der Waals surface area contributed by atoms with E-state index in [0.29, 0.717) is 6.61 Å². The van der Waals surface area contributed by atoms with Gasteiger partial charge in [0.2, 0.25) is 5.91 Å². The van der Waals surface area contributed by atoms with Crippen molar-refractivity contribution in [1.82, 2.24) is 5.32 Å². The van der Waals surface area contributed by atoms with E-state index < -0.39 is 11.9 Å². The molecule has 0 heterocycles. The van der Waals surface area contributed by atoms with Crippen LogP contribution in [0.1, 0.15) is 6.92 Å². The van der Waals surface area contributed by atoms with Gasteiger partial charge in [0.05, 0.1) is 18.1 Å². The van der Waals surface area contributed by atoms with Crippen molar-refractivity contribution < 1.29 is 19.1 Å². The Balaban J connectivity index is 3.49. The first-order valence-electron chi connectivity index (χ1n) is 3.89. The van der Waals surface area contributed by atoms with E-state index in [4.69, 9.17) is 5.73 Å². The molecule has 0 saturated heterocycles. The molecule has 7 heteroatoms. The van der Waals surface area contributed by atoms with Gasteiger partial charge in [-0.1, -0.05) is 0 Å². The summed E-state index contributed by atoms with van der Waals surface area (Å²) in [6.45, 7) is 2.01. The fraction of sp³-hybridized carbons (Fsp3) is 0.571. The number of imide groups is 1. The average Bonchev–Trinajstić information content (AvgIpc) is 2.02. The highest BCUT2D eigenvalue weighted by Gasteiger charge is 2.06. The zero-order valence-corrected chi connectivity index (χ0v) is 8.56. The number of thioether (sulfide) groups is 1. The van der Waals surface area contributed by atoms with Gasteiger partial charge in [0.15, 0.2) is 0 Å². The summed E-state index contributed by atoms with van der Waals surface area (Å²) in [5.74, 6) is -0.821. The van der Waals surface area contributed by atoms with Crippen molar-refractivity contribution in [3.05, 3.63) is 0 Å². The van der Waals surface area contributed by atoms with Crippen LogP contribution in [0.2, 0.25) is 0 Å². The van der Waals surface area contributed by atoms with Crippen LogP contribution in [0.25, 0.3) is 0 Å². The minimum atomic E-state index is -0.897. The fourth-order valence-electron chi connectivity index (χ4n) is 0.603. The molecule has 0 aromatic heterocycles. The lowest BCUT2D eigenvalue weighted by Gasteiger charge is -2.01. The largest absolute Gasteiger partial charge is 0.465 e. The maximum absolute atomic E-state index is 10.8. The predicted octanol–water partition coefficient (Wildman–Crippen LogP) is -0.522. The summed E-state index contributed by atoms with van der Waals surface area (Å²) in [5, 5.41) is 1.88. The van der Waals surface area contributed by atoms with Crippen LogP contribution in [0.15, 0.2) is 0 Å². The number of rotatable bonds is 5. The van der Waals surface area contributed by atoms with Gasteiger partial charge in [0.25, 0.3) is 0 Å². The van der Waals surface area contributed by atoms with Crippen LogP contribution in [-0.4, -0.2) is 36.0 Å². The number of ether oxygens (including phenoxy) is 1. The molecule has 0 aliphatic rings. The standard InChI is InChI=1S/C7H12N2O4S/c1-2-13-6(11)4-14-3-5(10)9-7(8)12/h2-4H2,1H3,(H3,8,9,10,12). The minimum absolute atomic E-state index is 0.00174. The van der Waals surface area contributed by atoms with E-state index in [2.05, 4.69) is 4.74 Å². The second kappa shape index (κ2) is 7.19. The van der Waals surface area contributed by atoms with E-state index in [-0.39, 0.29) is 17.5 Å². The van der Waals surface area contributed by atoms with Gasteiger partial charge in [-0.2, -0.15) is 0 Å². The molecular formula is C7H12N2O4S. The average molecular weight is 220 g/mol. The Morgan fingerprint density at radius 2 is 2.00 bits per heavy atom. The molecule has 0 fully saturated rings. The summed E-state index contributed by atoms with van der Waals surface area (Å²) in [4.78, 5) is 31.8. The number of nitrogens with one attached hydrogen (secondary N) is 1. The first-order valence-corrected chi connectivity index (χ1v) is 5.04. The smallest absolute Gasteiger partial charge is 0.318 e. The highest BCUT2D eigenvalue weighted by atomic mass is 32.2. The van der Waals surface area contributed by atoms with Crippen molar-refractivity contribution in [3.63, 3.8) is 0 Å². The van der Waals surface area contributed by atoms with Crippen LogP contribution in [0, 0.1) is 0 Å². The van der Waals surface area contributed by atoms with Crippen molar-refractivity contribution in [2.24, 2.45) is 5.73 Å². The molecule has 80 valence electrons. The second-order valence-corrected chi connectivity index (χ2v) is 3.20. The summed E-state index contributed by atoms with van der Waals surface area (Å²) in [6, 6.07) is -0.897. The molecule has 0 spiro atoms. The maximum atomic E-state index is 10.8. The third-order valence-electron chi connectivity index (χ3n) is 1.02. The molecule has 0 aliphatic carbocycles. The topological polar surface area (TPSA) is 98.5 Å². The Morgan fingerprint density at radius 1 is 1.36 bits per heavy atom. The highest BCUT2D eigenvalue weighted by molar-refractivity contribution is 8.00. The summed E-state index contributed by atoms with van der Waals surface area (Å²) in [6.07, 6.45) is 0. The van der Waals surface area contributed by atoms with Crippen molar-refractivity contribution in [2.75, 3.05) is 18.1 Å². The molecule has 0 unspecified atom stereocenters. The monoisotopic (exact) mass is 220 g/mol. The number of carbonyl (C=O) groups is 3. The molecule has 0 aliphatic heterocycles.